The van der Waals surface area contributed by atoms with Crippen molar-refractivity contribution in [3.05, 3.63) is 23.8 Å². The highest BCUT2D eigenvalue weighted by atomic mass is 19.4. The quantitative estimate of drug-likeness (QED) is 0.832. The Morgan fingerprint density at radius 1 is 1.32 bits per heavy atom. The van der Waals surface area contributed by atoms with E-state index in [0.29, 0.717) is 13.1 Å². The van der Waals surface area contributed by atoms with E-state index in [-0.39, 0.29) is 11.4 Å². The number of nitrogens with one attached hydrogen (secondary N) is 1. The van der Waals surface area contributed by atoms with Gasteiger partial charge in [0.05, 0.1) is 5.56 Å². The number of benzene rings is 1. The minimum absolute atomic E-state index is 0.0680. The number of nitrogens with zero attached hydrogens (tertiary/aromatic N) is 1. The lowest BCUT2D eigenvalue weighted by Gasteiger charge is -2.20. The maximum atomic E-state index is 12.7. The standard InChI is InChI=1S/C12H16F3N3O/c1-3-18(4-2)11(19)17-8-5-6-10(16)9(7-8)12(13,14)15/h5-7H,3-4,16H2,1-2H3,(H,17,19). The van der Waals surface area contributed by atoms with Gasteiger partial charge >= 0.3 is 12.2 Å². The van der Waals surface area contributed by atoms with Crippen molar-refractivity contribution < 1.29 is 18.0 Å². The van der Waals surface area contributed by atoms with E-state index in [0.717, 1.165) is 12.1 Å². The molecule has 0 aliphatic rings. The van der Waals surface area contributed by atoms with Crippen LogP contribution in [0.2, 0.25) is 0 Å². The summed E-state index contributed by atoms with van der Waals surface area (Å²) in [5.74, 6) is 0. The Morgan fingerprint density at radius 2 is 1.89 bits per heavy atom. The van der Waals surface area contributed by atoms with Gasteiger partial charge in [0.15, 0.2) is 0 Å². The van der Waals surface area contributed by atoms with Crippen LogP contribution in [0, 0.1) is 0 Å². The number of carbonyl (C=O) groups excluding carboxylic acids is 1. The predicted molar refractivity (Wildman–Crippen MR) is 67.8 cm³/mol. The molecule has 0 unspecified atom stereocenters. The molecule has 0 bridgehead atoms. The molecular formula is C12H16F3N3O. The van der Waals surface area contributed by atoms with Gasteiger partial charge in [0.2, 0.25) is 0 Å². The zero-order chi connectivity index (χ0) is 14.6. The highest BCUT2D eigenvalue weighted by Gasteiger charge is 2.33. The zero-order valence-electron chi connectivity index (χ0n) is 10.7. The summed E-state index contributed by atoms with van der Waals surface area (Å²) in [5.41, 5.74) is 4.02. The van der Waals surface area contributed by atoms with Crippen molar-refractivity contribution in [2.24, 2.45) is 0 Å². The number of rotatable bonds is 3. The second-order valence-corrected chi connectivity index (χ2v) is 3.90. The minimum atomic E-state index is -4.54. The van der Waals surface area contributed by atoms with E-state index >= 15 is 0 Å². The van der Waals surface area contributed by atoms with Crippen LogP contribution in [0.5, 0.6) is 0 Å². The van der Waals surface area contributed by atoms with Gasteiger partial charge in [0.25, 0.3) is 0 Å². The molecule has 1 rings (SSSR count). The second-order valence-electron chi connectivity index (χ2n) is 3.90. The van der Waals surface area contributed by atoms with Crippen LogP contribution in [0.4, 0.5) is 29.3 Å². The molecule has 1 aromatic rings. The number of amides is 2. The van der Waals surface area contributed by atoms with E-state index in [1.165, 1.54) is 11.0 Å². The first-order chi connectivity index (χ1) is 8.79. The van der Waals surface area contributed by atoms with Gasteiger partial charge in [0, 0.05) is 24.5 Å². The summed E-state index contributed by atoms with van der Waals surface area (Å²) in [6, 6.07) is 2.85. The number of urea groups is 1. The van der Waals surface area contributed by atoms with E-state index in [4.69, 9.17) is 5.73 Å². The van der Waals surface area contributed by atoms with Gasteiger partial charge in [-0.3, -0.25) is 0 Å². The summed E-state index contributed by atoms with van der Waals surface area (Å²) < 4.78 is 38.0. The Kier molecular flexibility index (Phi) is 4.63. The lowest BCUT2D eigenvalue weighted by atomic mass is 10.1. The van der Waals surface area contributed by atoms with Crippen molar-refractivity contribution in [1.82, 2.24) is 4.90 Å². The molecule has 3 N–H and O–H groups in total. The summed E-state index contributed by atoms with van der Waals surface area (Å²) in [4.78, 5) is 13.2. The van der Waals surface area contributed by atoms with E-state index in [1.54, 1.807) is 13.8 Å². The average molecular weight is 275 g/mol. The van der Waals surface area contributed by atoms with E-state index in [9.17, 15) is 18.0 Å². The number of nitrogen functional groups attached to an aromatic ring is 1. The van der Waals surface area contributed by atoms with Crippen molar-refractivity contribution >= 4 is 17.4 Å². The molecule has 0 fully saturated rings. The summed E-state index contributed by atoms with van der Waals surface area (Å²) in [5, 5.41) is 2.42. The zero-order valence-corrected chi connectivity index (χ0v) is 10.7. The van der Waals surface area contributed by atoms with E-state index < -0.39 is 17.8 Å². The van der Waals surface area contributed by atoms with Crippen LogP contribution in [0.15, 0.2) is 18.2 Å². The normalized spacial score (nSPS) is 11.2. The third-order valence-corrected chi connectivity index (χ3v) is 2.66. The van der Waals surface area contributed by atoms with Crippen molar-refractivity contribution in [2.75, 3.05) is 24.1 Å². The molecule has 7 heteroatoms. The van der Waals surface area contributed by atoms with Gasteiger partial charge < -0.3 is 16.0 Å². The monoisotopic (exact) mass is 275 g/mol. The maximum absolute atomic E-state index is 12.7. The Balaban J connectivity index is 2.95. The van der Waals surface area contributed by atoms with Crippen molar-refractivity contribution in [3.8, 4) is 0 Å². The first-order valence-electron chi connectivity index (χ1n) is 5.82. The molecule has 0 aliphatic carbocycles. The SMILES string of the molecule is CCN(CC)C(=O)Nc1ccc(N)c(C(F)(F)F)c1. The Labute approximate surface area is 109 Å². The molecule has 0 spiro atoms. The van der Waals surface area contributed by atoms with Crippen molar-refractivity contribution in [3.63, 3.8) is 0 Å². The third kappa shape index (κ3) is 3.77. The van der Waals surface area contributed by atoms with Crippen LogP contribution >= 0.6 is 0 Å². The molecule has 1 aromatic carbocycles. The Hall–Kier alpha value is -1.92. The minimum Gasteiger partial charge on any atom is -0.398 e. The molecule has 106 valence electrons. The highest BCUT2D eigenvalue weighted by Crippen LogP contribution is 2.35. The van der Waals surface area contributed by atoms with Gasteiger partial charge in [-0.05, 0) is 32.0 Å². The molecule has 19 heavy (non-hydrogen) atoms. The van der Waals surface area contributed by atoms with Gasteiger partial charge in [-0.1, -0.05) is 0 Å². The largest absolute Gasteiger partial charge is 0.418 e. The molecule has 0 radical (unpaired) electrons. The predicted octanol–water partition coefficient (Wildman–Crippen LogP) is 3.16. The van der Waals surface area contributed by atoms with Crippen LogP contribution < -0.4 is 11.1 Å². The second kappa shape index (κ2) is 5.81. The number of carbonyl (C=O) groups is 1. The van der Waals surface area contributed by atoms with Gasteiger partial charge in [0.1, 0.15) is 0 Å². The smallest absolute Gasteiger partial charge is 0.398 e. The topological polar surface area (TPSA) is 58.4 Å². The first kappa shape index (κ1) is 15.1. The molecular weight excluding hydrogens is 259 g/mol. The fraction of sp³-hybridized carbons (Fsp3) is 0.417. The molecule has 4 nitrogen and oxygen atoms in total. The van der Waals surface area contributed by atoms with Gasteiger partial charge in [-0.15, -0.1) is 0 Å². The Morgan fingerprint density at radius 3 is 2.37 bits per heavy atom. The number of nitrogens with two attached hydrogens (primary N) is 1. The van der Waals surface area contributed by atoms with Gasteiger partial charge in [-0.25, -0.2) is 4.79 Å². The Bertz CT molecular complexity index is 456. The average Bonchev–Trinajstić information content (AvgIpc) is 2.31. The molecule has 0 saturated carbocycles. The number of hydrogen-bond acceptors (Lipinski definition) is 2. The number of alkyl halides is 3. The van der Waals surface area contributed by atoms with Crippen LogP contribution in [0.3, 0.4) is 0 Å². The fourth-order valence-corrected chi connectivity index (χ4v) is 1.59. The molecule has 2 amide bonds. The van der Waals surface area contributed by atoms with Gasteiger partial charge in [-0.2, -0.15) is 13.2 Å². The summed E-state index contributed by atoms with van der Waals surface area (Å²) in [6.07, 6.45) is -4.54. The molecule has 0 aliphatic heterocycles. The summed E-state index contributed by atoms with van der Waals surface area (Å²) in [7, 11) is 0. The first-order valence-corrected chi connectivity index (χ1v) is 5.82. The van der Waals surface area contributed by atoms with Crippen molar-refractivity contribution in [2.45, 2.75) is 20.0 Å². The van der Waals surface area contributed by atoms with E-state index in [1.807, 2.05) is 0 Å². The number of anilines is 2. The molecule has 0 heterocycles. The van der Waals surface area contributed by atoms with E-state index in [2.05, 4.69) is 5.32 Å². The molecule has 0 aromatic heterocycles. The lowest BCUT2D eigenvalue weighted by molar-refractivity contribution is -0.136. The van der Waals surface area contributed by atoms with Crippen LogP contribution in [0.1, 0.15) is 19.4 Å². The third-order valence-electron chi connectivity index (χ3n) is 2.66. The highest BCUT2D eigenvalue weighted by molar-refractivity contribution is 5.89. The molecule has 0 saturated heterocycles. The fourth-order valence-electron chi connectivity index (χ4n) is 1.59. The van der Waals surface area contributed by atoms with Crippen LogP contribution in [-0.4, -0.2) is 24.0 Å². The maximum Gasteiger partial charge on any atom is 0.418 e. The summed E-state index contributed by atoms with van der Waals surface area (Å²) >= 11 is 0. The molecule has 0 atom stereocenters. The van der Waals surface area contributed by atoms with Crippen LogP contribution in [-0.2, 0) is 6.18 Å². The number of halogens is 3. The van der Waals surface area contributed by atoms with Crippen molar-refractivity contribution in [1.29, 1.82) is 0 Å². The summed E-state index contributed by atoms with van der Waals surface area (Å²) in [6.45, 7) is 4.52. The number of hydrogen-bond donors (Lipinski definition) is 2. The lowest BCUT2D eigenvalue weighted by Crippen LogP contribution is -2.34. The van der Waals surface area contributed by atoms with Crippen LogP contribution in [0.25, 0.3) is 0 Å².